The molecular formula is C13H17N5O7S. The smallest absolute Gasteiger partial charge is 0.314 e. The molecule has 0 aromatic carbocycles. The summed E-state index contributed by atoms with van der Waals surface area (Å²) in [5, 5.41) is 4.71. The van der Waals surface area contributed by atoms with Crippen LogP contribution in [0.2, 0.25) is 0 Å². The maximum atomic E-state index is 12.1. The molecule has 1 fully saturated rings. The number of carbonyl (C=O) groups excluding carboxylic acids is 2. The van der Waals surface area contributed by atoms with Gasteiger partial charge in [-0.2, -0.15) is 18.6 Å². The van der Waals surface area contributed by atoms with Crippen LogP contribution in [0, 0.1) is 0 Å². The fourth-order valence-corrected chi connectivity index (χ4v) is 2.97. The summed E-state index contributed by atoms with van der Waals surface area (Å²) in [6.45, 7) is 2.61. The van der Waals surface area contributed by atoms with Gasteiger partial charge in [0.05, 0.1) is 18.8 Å². The molecule has 142 valence electrons. The molecule has 3 amide bonds. The summed E-state index contributed by atoms with van der Waals surface area (Å²) >= 11 is 0. The molecule has 0 aliphatic carbocycles. The minimum Gasteiger partial charge on any atom is -0.314 e. The third-order valence-corrected chi connectivity index (χ3v) is 4.02. The third kappa shape index (κ3) is 3.85. The van der Waals surface area contributed by atoms with Crippen LogP contribution in [0.25, 0.3) is 5.70 Å². The third-order valence-electron chi connectivity index (χ3n) is 3.67. The Morgan fingerprint density at radius 2 is 2.27 bits per heavy atom. The molecule has 26 heavy (non-hydrogen) atoms. The number of carbonyl (C=O) groups is 2. The molecule has 12 nitrogen and oxygen atoms in total. The average molecular weight is 387 g/mol. The first kappa shape index (κ1) is 18.3. The molecule has 2 aliphatic rings. The summed E-state index contributed by atoms with van der Waals surface area (Å²) in [5.41, 5.74) is 2.93. The van der Waals surface area contributed by atoms with Crippen LogP contribution in [-0.4, -0.2) is 70.4 Å². The predicted octanol–water partition coefficient (Wildman–Crippen LogP) is -0.350. The molecule has 0 spiro atoms. The molecule has 1 unspecified atom stereocenters. The molecule has 2 aliphatic heterocycles. The molecular weight excluding hydrogens is 370 g/mol. The van der Waals surface area contributed by atoms with Crippen molar-refractivity contribution in [3.63, 3.8) is 0 Å². The van der Waals surface area contributed by atoms with E-state index in [2.05, 4.69) is 14.9 Å². The van der Waals surface area contributed by atoms with Gasteiger partial charge >= 0.3 is 16.4 Å². The van der Waals surface area contributed by atoms with Crippen molar-refractivity contribution in [1.82, 2.24) is 25.2 Å². The molecule has 0 radical (unpaired) electrons. The van der Waals surface area contributed by atoms with E-state index in [1.54, 1.807) is 6.08 Å². The summed E-state index contributed by atoms with van der Waals surface area (Å²) in [6, 6.07) is 0.0606. The summed E-state index contributed by atoms with van der Waals surface area (Å²) in [7, 11) is -4.82. The Balaban J connectivity index is 1.74. The predicted molar refractivity (Wildman–Crippen MR) is 85.4 cm³/mol. The highest BCUT2D eigenvalue weighted by Crippen LogP contribution is 2.27. The van der Waals surface area contributed by atoms with Crippen molar-refractivity contribution in [3.05, 3.63) is 24.0 Å². The van der Waals surface area contributed by atoms with Crippen LogP contribution in [0.4, 0.5) is 4.79 Å². The van der Waals surface area contributed by atoms with Gasteiger partial charge < -0.3 is 4.90 Å². The number of nitrogens with zero attached hydrogens (tertiary/aromatic N) is 4. The monoisotopic (exact) mass is 387 g/mol. The number of rotatable bonds is 7. The molecule has 1 atom stereocenters. The SMILES string of the molecule is CCCONC(=O)c1ccn(C2=CC3CN(C2)C(=O)N3OS(=O)(=O)O)n1. The van der Waals surface area contributed by atoms with E-state index in [-0.39, 0.29) is 18.8 Å². The Bertz CT molecular complexity index is 849. The van der Waals surface area contributed by atoms with E-state index in [1.165, 1.54) is 21.8 Å². The molecule has 2 N–H and O–H groups in total. The largest absolute Gasteiger partial charge is 0.418 e. The topological polar surface area (TPSA) is 143 Å². The van der Waals surface area contributed by atoms with Crippen molar-refractivity contribution >= 4 is 28.0 Å². The Kier molecular flexibility index (Phi) is 4.95. The van der Waals surface area contributed by atoms with E-state index in [0.29, 0.717) is 17.4 Å². The fraction of sp³-hybridized carbons (Fsp3) is 0.462. The van der Waals surface area contributed by atoms with Gasteiger partial charge in [-0.25, -0.2) is 15.0 Å². The maximum Gasteiger partial charge on any atom is 0.418 e. The zero-order chi connectivity index (χ0) is 18.9. The Labute approximate surface area is 148 Å². The number of aromatic nitrogens is 2. The van der Waals surface area contributed by atoms with Gasteiger partial charge in [0.25, 0.3) is 5.91 Å². The molecule has 1 aromatic heterocycles. The first-order chi connectivity index (χ1) is 12.3. The number of hydroxylamine groups is 3. The van der Waals surface area contributed by atoms with Crippen LogP contribution >= 0.6 is 0 Å². The van der Waals surface area contributed by atoms with Gasteiger partial charge in [-0.05, 0) is 18.6 Å². The van der Waals surface area contributed by atoms with Crippen LogP contribution in [0.15, 0.2) is 18.3 Å². The van der Waals surface area contributed by atoms with Crippen molar-refractivity contribution in [1.29, 1.82) is 0 Å². The average Bonchev–Trinajstić information content (AvgIpc) is 3.14. The second-order valence-corrected chi connectivity index (χ2v) is 6.65. The fourth-order valence-electron chi connectivity index (χ4n) is 2.60. The molecule has 3 heterocycles. The quantitative estimate of drug-likeness (QED) is 0.367. The maximum absolute atomic E-state index is 12.1. The standard InChI is InChI=1S/C13H17N5O7S/c1-2-5-24-15-12(19)11-3-4-17(14-11)9-6-10-8-16(7-9)13(20)18(10)25-26(21,22)23/h3-4,6,10H,2,5,7-8H2,1H3,(H,15,19)(H,21,22,23). The Morgan fingerprint density at radius 3 is 2.96 bits per heavy atom. The molecule has 0 saturated carbocycles. The number of amides is 3. The zero-order valence-electron chi connectivity index (χ0n) is 13.7. The number of nitrogens with one attached hydrogen (secondary N) is 1. The molecule has 3 rings (SSSR count). The van der Waals surface area contributed by atoms with Gasteiger partial charge in [0.15, 0.2) is 5.69 Å². The number of hydrogen-bond donors (Lipinski definition) is 2. The van der Waals surface area contributed by atoms with Gasteiger partial charge in [-0.15, -0.1) is 4.28 Å². The number of urea groups is 1. The van der Waals surface area contributed by atoms with Gasteiger partial charge in [-0.1, -0.05) is 6.92 Å². The molecule has 13 heteroatoms. The lowest BCUT2D eigenvalue weighted by Gasteiger charge is -2.20. The minimum absolute atomic E-state index is 0.118. The first-order valence-corrected chi connectivity index (χ1v) is 9.09. The van der Waals surface area contributed by atoms with Crippen LogP contribution < -0.4 is 5.48 Å². The highest BCUT2D eigenvalue weighted by atomic mass is 32.3. The van der Waals surface area contributed by atoms with Crippen molar-refractivity contribution in [2.24, 2.45) is 0 Å². The van der Waals surface area contributed by atoms with E-state index in [4.69, 9.17) is 9.39 Å². The normalized spacial score (nSPS) is 19.7. The van der Waals surface area contributed by atoms with Crippen LogP contribution in [-0.2, 0) is 19.5 Å². The van der Waals surface area contributed by atoms with E-state index in [0.717, 1.165) is 6.42 Å². The lowest BCUT2D eigenvalue weighted by atomic mass is 10.2. The summed E-state index contributed by atoms with van der Waals surface area (Å²) < 4.78 is 36.3. The molecule has 2 bridgehead atoms. The summed E-state index contributed by atoms with van der Waals surface area (Å²) in [4.78, 5) is 30.3. The zero-order valence-corrected chi connectivity index (χ0v) is 14.5. The van der Waals surface area contributed by atoms with Crippen molar-refractivity contribution in [2.75, 3.05) is 19.7 Å². The van der Waals surface area contributed by atoms with Gasteiger partial charge in [0, 0.05) is 12.7 Å². The van der Waals surface area contributed by atoms with Crippen molar-refractivity contribution < 1.29 is 31.7 Å². The highest BCUT2D eigenvalue weighted by Gasteiger charge is 2.43. The lowest BCUT2D eigenvalue weighted by Crippen LogP contribution is -2.35. The van der Waals surface area contributed by atoms with E-state index >= 15 is 0 Å². The highest BCUT2D eigenvalue weighted by molar-refractivity contribution is 7.80. The summed E-state index contributed by atoms with van der Waals surface area (Å²) in [6.07, 6.45) is 3.86. The minimum atomic E-state index is -4.82. The van der Waals surface area contributed by atoms with Crippen LogP contribution in [0.5, 0.6) is 0 Å². The van der Waals surface area contributed by atoms with Crippen LogP contribution in [0.3, 0.4) is 0 Å². The van der Waals surface area contributed by atoms with Gasteiger partial charge in [-0.3, -0.25) is 14.2 Å². The first-order valence-electron chi connectivity index (χ1n) is 7.72. The lowest BCUT2D eigenvalue weighted by molar-refractivity contribution is -0.0183. The van der Waals surface area contributed by atoms with Crippen molar-refractivity contribution in [2.45, 2.75) is 19.4 Å². The van der Waals surface area contributed by atoms with E-state index in [1.807, 2.05) is 6.92 Å². The Morgan fingerprint density at radius 1 is 1.50 bits per heavy atom. The van der Waals surface area contributed by atoms with Gasteiger partial charge in [0.1, 0.15) is 6.04 Å². The van der Waals surface area contributed by atoms with E-state index < -0.39 is 28.4 Å². The Hall–Kier alpha value is -2.48. The number of fused-ring (bicyclic) bond motifs is 2. The second kappa shape index (κ2) is 7.03. The second-order valence-electron chi connectivity index (χ2n) is 5.64. The molecule has 1 saturated heterocycles. The van der Waals surface area contributed by atoms with Crippen molar-refractivity contribution in [3.8, 4) is 0 Å². The van der Waals surface area contributed by atoms with E-state index in [9.17, 15) is 18.0 Å². The van der Waals surface area contributed by atoms with Crippen LogP contribution in [0.1, 0.15) is 23.8 Å². The molecule has 1 aromatic rings. The summed E-state index contributed by atoms with van der Waals surface area (Å²) in [5.74, 6) is -0.510. The van der Waals surface area contributed by atoms with Gasteiger partial charge in [0.2, 0.25) is 0 Å². The number of hydrogen-bond acceptors (Lipinski definition) is 7.